The van der Waals surface area contributed by atoms with Crippen molar-refractivity contribution in [3.8, 4) is 0 Å². The lowest BCUT2D eigenvalue weighted by Crippen LogP contribution is -2.34. The van der Waals surface area contributed by atoms with Crippen molar-refractivity contribution in [2.75, 3.05) is 10.7 Å². The van der Waals surface area contributed by atoms with Crippen LogP contribution in [0.4, 0.5) is 11.6 Å². The molecule has 0 saturated carbocycles. The van der Waals surface area contributed by atoms with Crippen LogP contribution in [-0.4, -0.2) is 15.1 Å². The second kappa shape index (κ2) is 6.29. The van der Waals surface area contributed by atoms with Gasteiger partial charge in [0.1, 0.15) is 0 Å². The highest BCUT2D eigenvalue weighted by molar-refractivity contribution is 7.80. The first kappa shape index (κ1) is 14.2. The topological polar surface area (TPSA) is 61.9 Å². The Labute approximate surface area is 123 Å². The SMILES string of the molecule is Cc1cccc(NC(=S)NNc2nc(C)cc(C)n2)c1. The third-order valence-corrected chi connectivity index (χ3v) is 2.75. The second-order valence-electron chi connectivity index (χ2n) is 4.55. The zero-order valence-electron chi connectivity index (χ0n) is 11.7. The minimum Gasteiger partial charge on any atom is -0.331 e. The molecule has 20 heavy (non-hydrogen) atoms. The monoisotopic (exact) mass is 287 g/mol. The van der Waals surface area contributed by atoms with E-state index < -0.39 is 0 Å². The summed E-state index contributed by atoms with van der Waals surface area (Å²) in [5, 5.41) is 3.54. The van der Waals surface area contributed by atoms with E-state index in [-0.39, 0.29) is 0 Å². The number of anilines is 2. The first-order valence-electron chi connectivity index (χ1n) is 6.25. The molecule has 1 aromatic heterocycles. The van der Waals surface area contributed by atoms with E-state index >= 15 is 0 Å². The van der Waals surface area contributed by atoms with Crippen LogP contribution in [0.3, 0.4) is 0 Å². The molecule has 6 heteroatoms. The number of nitrogens with zero attached hydrogens (tertiary/aromatic N) is 2. The molecule has 3 N–H and O–H groups in total. The molecule has 0 atom stereocenters. The molecule has 0 aliphatic heterocycles. The number of hydrazine groups is 1. The van der Waals surface area contributed by atoms with Crippen molar-refractivity contribution in [1.29, 1.82) is 0 Å². The highest BCUT2D eigenvalue weighted by Crippen LogP contribution is 2.09. The fraction of sp³-hybridized carbons (Fsp3) is 0.214. The maximum Gasteiger partial charge on any atom is 0.242 e. The molecule has 2 aromatic rings. The van der Waals surface area contributed by atoms with E-state index in [1.54, 1.807) is 0 Å². The number of hydrogen-bond acceptors (Lipinski definition) is 4. The predicted molar refractivity (Wildman–Crippen MR) is 85.7 cm³/mol. The quantitative estimate of drug-likeness (QED) is 0.596. The van der Waals surface area contributed by atoms with Gasteiger partial charge < -0.3 is 5.32 Å². The van der Waals surface area contributed by atoms with Gasteiger partial charge in [0.15, 0.2) is 5.11 Å². The predicted octanol–water partition coefficient (Wildman–Crippen LogP) is 2.72. The van der Waals surface area contributed by atoms with Gasteiger partial charge in [0.05, 0.1) is 0 Å². The fourth-order valence-electron chi connectivity index (χ4n) is 1.78. The van der Waals surface area contributed by atoms with Crippen LogP contribution >= 0.6 is 12.2 Å². The van der Waals surface area contributed by atoms with Gasteiger partial charge in [0, 0.05) is 17.1 Å². The van der Waals surface area contributed by atoms with E-state index in [4.69, 9.17) is 12.2 Å². The third kappa shape index (κ3) is 4.17. The molecule has 0 aliphatic carbocycles. The normalized spacial score (nSPS) is 9.95. The zero-order chi connectivity index (χ0) is 14.5. The molecule has 0 radical (unpaired) electrons. The van der Waals surface area contributed by atoms with Crippen molar-refractivity contribution in [2.24, 2.45) is 0 Å². The van der Waals surface area contributed by atoms with Gasteiger partial charge in [-0.15, -0.1) is 0 Å². The lowest BCUT2D eigenvalue weighted by Gasteiger charge is -2.12. The second-order valence-corrected chi connectivity index (χ2v) is 4.96. The van der Waals surface area contributed by atoms with Crippen molar-refractivity contribution in [3.63, 3.8) is 0 Å². The number of nitrogens with one attached hydrogen (secondary N) is 3. The molecule has 0 amide bonds. The summed E-state index contributed by atoms with van der Waals surface area (Å²) in [5.74, 6) is 0.496. The minimum absolute atomic E-state index is 0.457. The molecule has 1 heterocycles. The van der Waals surface area contributed by atoms with Gasteiger partial charge >= 0.3 is 0 Å². The molecule has 104 valence electrons. The summed E-state index contributed by atoms with van der Waals surface area (Å²) in [6.45, 7) is 5.87. The van der Waals surface area contributed by atoms with Gasteiger partial charge in [0.2, 0.25) is 5.95 Å². The number of aromatic nitrogens is 2. The maximum absolute atomic E-state index is 5.20. The smallest absolute Gasteiger partial charge is 0.242 e. The van der Waals surface area contributed by atoms with Crippen LogP contribution in [-0.2, 0) is 0 Å². The van der Waals surface area contributed by atoms with Crippen molar-refractivity contribution in [1.82, 2.24) is 15.4 Å². The number of benzene rings is 1. The molecule has 1 aromatic carbocycles. The fourth-order valence-corrected chi connectivity index (χ4v) is 1.95. The van der Waals surface area contributed by atoms with Gasteiger partial charge in [-0.1, -0.05) is 12.1 Å². The first-order valence-corrected chi connectivity index (χ1v) is 6.66. The Balaban J connectivity index is 1.92. The Morgan fingerprint density at radius 2 is 1.75 bits per heavy atom. The summed E-state index contributed by atoms with van der Waals surface area (Å²) in [7, 11) is 0. The van der Waals surface area contributed by atoms with Gasteiger partial charge in [-0.3, -0.25) is 10.9 Å². The highest BCUT2D eigenvalue weighted by Gasteiger charge is 2.01. The van der Waals surface area contributed by atoms with E-state index in [9.17, 15) is 0 Å². The van der Waals surface area contributed by atoms with Crippen molar-refractivity contribution >= 4 is 29.0 Å². The lowest BCUT2D eigenvalue weighted by atomic mass is 10.2. The zero-order valence-corrected chi connectivity index (χ0v) is 12.5. The minimum atomic E-state index is 0.457. The van der Waals surface area contributed by atoms with Crippen LogP contribution in [0.1, 0.15) is 17.0 Å². The summed E-state index contributed by atoms with van der Waals surface area (Å²) in [6.07, 6.45) is 0. The van der Waals surface area contributed by atoms with Crippen molar-refractivity contribution in [3.05, 3.63) is 47.3 Å². The van der Waals surface area contributed by atoms with Crippen LogP contribution in [0, 0.1) is 20.8 Å². The number of rotatable bonds is 3. The van der Waals surface area contributed by atoms with Gasteiger partial charge in [-0.25, -0.2) is 9.97 Å². The van der Waals surface area contributed by atoms with Crippen LogP contribution < -0.4 is 16.2 Å². The Hall–Kier alpha value is -2.21. The molecular weight excluding hydrogens is 270 g/mol. The lowest BCUT2D eigenvalue weighted by molar-refractivity contribution is 0.991. The van der Waals surface area contributed by atoms with E-state index in [0.717, 1.165) is 17.1 Å². The van der Waals surface area contributed by atoms with E-state index in [0.29, 0.717) is 11.1 Å². The Kier molecular flexibility index (Phi) is 4.47. The average Bonchev–Trinajstić information content (AvgIpc) is 2.35. The maximum atomic E-state index is 5.20. The molecular formula is C14H17N5S. The van der Waals surface area contributed by atoms with Crippen LogP contribution in [0.5, 0.6) is 0 Å². The Morgan fingerprint density at radius 3 is 2.40 bits per heavy atom. The number of thiocarbonyl (C=S) groups is 1. The number of aryl methyl sites for hydroxylation is 3. The van der Waals surface area contributed by atoms with Crippen LogP contribution in [0.25, 0.3) is 0 Å². The van der Waals surface area contributed by atoms with Gasteiger partial charge in [0.25, 0.3) is 0 Å². The average molecular weight is 287 g/mol. The molecule has 0 bridgehead atoms. The molecule has 5 nitrogen and oxygen atoms in total. The van der Waals surface area contributed by atoms with E-state index in [1.807, 2.05) is 51.1 Å². The highest BCUT2D eigenvalue weighted by atomic mass is 32.1. The Bertz CT molecular complexity index is 606. The summed E-state index contributed by atoms with van der Waals surface area (Å²) in [5.41, 5.74) is 9.66. The molecule has 2 rings (SSSR count). The summed E-state index contributed by atoms with van der Waals surface area (Å²) in [4.78, 5) is 8.51. The van der Waals surface area contributed by atoms with Crippen LogP contribution in [0.2, 0.25) is 0 Å². The first-order chi connectivity index (χ1) is 9.52. The molecule has 0 aliphatic rings. The molecule has 0 unspecified atom stereocenters. The van der Waals surface area contributed by atoms with Gasteiger partial charge in [-0.2, -0.15) is 0 Å². The molecule has 0 fully saturated rings. The molecule has 0 saturated heterocycles. The third-order valence-electron chi connectivity index (χ3n) is 2.55. The molecule has 0 spiro atoms. The Morgan fingerprint density at radius 1 is 1.05 bits per heavy atom. The summed E-state index contributed by atoms with van der Waals surface area (Å²) in [6, 6.07) is 9.88. The standard InChI is InChI=1S/C14H17N5S/c1-9-5-4-6-12(7-9)17-14(20)19-18-13-15-10(2)8-11(3)16-13/h4-8H,1-3H3,(H,15,16,18)(H2,17,19,20). The number of hydrogen-bond donors (Lipinski definition) is 3. The largest absolute Gasteiger partial charge is 0.331 e. The van der Waals surface area contributed by atoms with E-state index in [2.05, 4.69) is 26.1 Å². The summed E-state index contributed by atoms with van der Waals surface area (Å²) >= 11 is 5.20. The van der Waals surface area contributed by atoms with Crippen molar-refractivity contribution < 1.29 is 0 Å². The van der Waals surface area contributed by atoms with E-state index in [1.165, 1.54) is 5.56 Å². The summed E-state index contributed by atoms with van der Waals surface area (Å²) < 4.78 is 0. The van der Waals surface area contributed by atoms with Crippen LogP contribution in [0.15, 0.2) is 30.3 Å². The van der Waals surface area contributed by atoms with Gasteiger partial charge in [-0.05, 0) is 56.8 Å². The van der Waals surface area contributed by atoms with Crippen molar-refractivity contribution in [2.45, 2.75) is 20.8 Å².